The van der Waals surface area contributed by atoms with E-state index in [9.17, 15) is 4.79 Å². The molecule has 3 rings (SSSR count). The van der Waals surface area contributed by atoms with Crippen LogP contribution in [0.25, 0.3) is 0 Å². The van der Waals surface area contributed by atoms with Crippen LogP contribution >= 0.6 is 11.5 Å². The normalized spacial score (nSPS) is 18.7. The Morgan fingerprint density at radius 1 is 1.59 bits per heavy atom. The van der Waals surface area contributed by atoms with Crippen LogP contribution in [0.2, 0.25) is 0 Å². The first-order valence-corrected chi connectivity index (χ1v) is 5.80. The number of carbonyl (C=O) groups excluding carboxylic acids is 1. The second-order valence-corrected chi connectivity index (χ2v) is 4.35. The van der Waals surface area contributed by atoms with Crippen molar-refractivity contribution in [2.24, 2.45) is 0 Å². The molecule has 0 saturated heterocycles. The van der Waals surface area contributed by atoms with Gasteiger partial charge in [-0.2, -0.15) is 0 Å². The molecule has 0 bridgehead atoms. The van der Waals surface area contributed by atoms with Crippen LogP contribution in [0.5, 0.6) is 0 Å². The van der Waals surface area contributed by atoms with Crippen molar-refractivity contribution in [3.05, 3.63) is 17.7 Å². The summed E-state index contributed by atoms with van der Waals surface area (Å²) < 4.78 is 3.58. The van der Waals surface area contributed by atoms with Crippen LogP contribution in [0.15, 0.2) is 6.33 Å². The molecule has 1 aliphatic rings. The third kappa shape index (κ3) is 2.01. The first-order valence-electron chi connectivity index (χ1n) is 5.03. The minimum atomic E-state index is -0.297. The molecule has 2 aromatic heterocycles. The summed E-state index contributed by atoms with van der Waals surface area (Å²) in [6, 6.07) is -0.297. The van der Waals surface area contributed by atoms with Gasteiger partial charge in [0, 0.05) is 24.5 Å². The molecule has 8 nitrogen and oxygen atoms in total. The number of nitrogens with zero attached hydrogens (tertiary/aromatic N) is 4. The number of H-pyrrole nitrogens is 1. The molecule has 0 fully saturated rings. The summed E-state index contributed by atoms with van der Waals surface area (Å²) in [5.41, 5.74) is 1.96. The molecule has 1 aliphatic heterocycles. The molecular formula is C8H9N7OS. The number of aromatic nitrogens is 5. The van der Waals surface area contributed by atoms with E-state index in [2.05, 4.69) is 35.4 Å². The number of nitrogens with one attached hydrogen (secondary N) is 3. The van der Waals surface area contributed by atoms with Crippen molar-refractivity contribution in [3.8, 4) is 0 Å². The van der Waals surface area contributed by atoms with E-state index < -0.39 is 0 Å². The molecule has 17 heavy (non-hydrogen) atoms. The molecule has 0 saturated carbocycles. The second kappa shape index (κ2) is 4.18. The van der Waals surface area contributed by atoms with Gasteiger partial charge in [0.15, 0.2) is 0 Å². The molecule has 0 aromatic carbocycles. The van der Waals surface area contributed by atoms with Crippen molar-refractivity contribution in [1.82, 2.24) is 30.1 Å². The predicted octanol–water partition coefficient (Wildman–Crippen LogP) is -0.691. The van der Waals surface area contributed by atoms with Crippen molar-refractivity contribution < 1.29 is 4.79 Å². The van der Waals surface area contributed by atoms with Gasteiger partial charge in [-0.1, -0.05) is 9.59 Å². The zero-order valence-electron chi connectivity index (χ0n) is 8.67. The maximum atomic E-state index is 11.9. The van der Waals surface area contributed by atoms with Crippen molar-refractivity contribution in [3.63, 3.8) is 0 Å². The summed E-state index contributed by atoms with van der Waals surface area (Å²) >= 11 is 1.05. The minimum absolute atomic E-state index is 0.141. The van der Waals surface area contributed by atoms with Crippen LogP contribution in [0, 0.1) is 0 Å². The van der Waals surface area contributed by atoms with Gasteiger partial charge < -0.3 is 4.98 Å². The Morgan fingerprint density at radius 3 is 3.35 bits per heavy atom. The molecule has 0 aliphatic carbocycles. The molecular weight excluding hydrogens is 242 g/mol. The lowest BCUT2D eigenvalue weighted by atomic mass is 10.1. The zero-order valence-corrected chi connectivity index (χ0v) is 9.49. The Balaban J connectivity index is 1.68. The molecule has 0 radical (unpaired) electrons. The van der Waals surface area contributed by atoms with Crippen molar-refractivity contribution in [2.75, 3.05) is 5.32 Å². The standard InChI is InChI=1S/C8H9N7OS/c16-7(12-8-13-14-15-17-8)5-1-4-6(2-9-5)11-3-10-4/h3,5,9H,1-2H2,(H,10,11)(H,12,13,15,16). The van der Waals surface area contributed by atoms with Gasteiger partial charge >= 0.3 is 0 Å². The smallest absolute Gasteiger partial charge is 0.243 e. The average Bonchev–Trinajstić information content (AvgIpc) is 2.97. The first kappa shape index (κ1) is 10.3. The molecule has 0 spiro atoms. The highest BCUT2D eigenvalue weighted by Gasteiger charge is 2.26. The van der Waals surface area contributed by atoms with Crippen LogP contribution in [0.1, 0.15) is 11.4 Å². The number of amides is 1. The monoisotopic (exact) mass is 251 g/mol. The topological polar surface area (TPSA) is 108 Å². The van der Waals surface area contributed by atoms with Crippen molar-refractivity contribution in [2.45, 2.75) is 19.0 Å². The maximum absolute atomic E-state index is 11.9. The predicted molar refractivity (Wildman–Crippen MR) is 59.3 cm³/mol. The molecule has 1 amide bonds. The minimum Gasteiger partial charge on any atom is -0.347 e. The van der Waals surface area contributed by atoms with Crippen LogP contribution < -0.4 is 10.6 Å². The van der Waals surface area contributed by atoms with E-state index in [1.165, 1.54) is 0 Å². The lowest BCUT2D eigenvalue weighted by molar-refractivity contribution is -0.118. The first-order chi connectivity index (χ1) is 8.33. The summed E-state index contributed by atoms with van der Waals surface area (Å²) in [5.74, 6) is -0.141. The van der Waals surface area contributed by atoms with E-state index in [4.69, 9.17) is 0 Å². The number of hydrogen-bond donors (Lipinski definition) is 3. The summed E-state index contributed by atoms with van der Waals surface area (Å²) in [7, 11) is 0. The Bertz CT molecular complexity index is 522. The number of fused-ring (bicyclic) bond motifs is 1. The quantitative estimate of drug-likeness (QED) is 0.652. The lowest BCUT2D eigenvalue weighted by Gasteiger charge is -2.21. The molecule has 1 unspecified atom stereocenters. The summed E-state index contributed by atoms with van der Waals surface area (Å²) in [5, 5.41) is 13.3. The fraction of sp³-hybridized carbons (Fsp3) is 0.375. The molecule has 1 atom stereocenters. The maximum Gasteiger partial charge on any atom is 0.243 e. The summed E-state index contributed by atoms with van der Waals surface area (Å²) in [6.45, 7) is 0.613. The molecule has 88 valence electrons. The Hall–Kier alpha value is -1.87. The number of carbonyl (C=O) groups is 1. The van der Waals surface area contributed by atoms with Gasteiger partial charge in [0.1, 0.15) is 0 Å². The average molecular weight is 251 g/mol. The third-order valence-corrected chi connectivity index (χ3v) is 3.09. The van der Waals surface area contributed by atoms with E-state index >= 15 is 0 Å². The summed E-state index contributed by atoms with van der Waals surface area (Å²) in [6.07, 6.45) is 2.21. The van der Waals surface area contributed by atoms with Gasteiger partial charge in [0.25, 0.3) is 0 Å². The Morgan fingerprint density at radius 2 is 2.53 bits per heavy atom. The highest BCUT2D eigenvalue weighted by Crippen LogP contribution is 2.14. The Kier molecular flexibility index (Phi) is 2.53. The number of aromatic amines is 1. The van der Waals surface area contributed by atoms with E-state index in [0.29, 0.717) is 18.1 Å². The molecule has 9 heteroatoms. The zero-order chi connectivity index (χ0) is 11.7. The number of rotatable bonds is 2. The van der Waals surface area contributed by atoms with Gasteiger partial charge in [0.2, 0.25) is 11.0 Å². The molecule has 2 aromatic rings. The summed E-state index contributed by atoms with van der Waals surface area (Å²) in [4.78, 5) is 19.1. The SMILES string of the molecule is O=C(Nc1nnns1)C1Cc2nc[nH]c2CN1. The van der Waals surface area contributed by atoms with Gasteiger partial charge in [-0.15, -0.1) is 0 Å². The lowest BCUT2D eigenvalue weighted by Crippen LogP contribution is -2.44. The number of anilines is 1. The largest absolute Gasteiger partial charge is 0.347 e. The highest BCUT2D eigenvalue weighted by atomic mass is 32.1. The van der Waals surface area contributed by atoms with Crippen LogP contribution in [-0.2, 0) is 17.8 Å². The fourth-order valence-corrected chi connectivity index (χ4v) is 2.10. The van der Waals surface area contributed by atoms with Gasteiger partial charge in [0.05, 0.1) is 23.8 Å². The van der Waals surface area contributed by atoms with Gasteiger partial charge in [-0.25, -0.2) is 4.98 Å². The van der Waals surface area contributed by atoms with Crippen LogP contribution in [-0.4, -0.2) is 36.7 Å². The van der Waals surface area contributed by atoms with E-state index in [1.54, 1.807) is 6.33 Å². The number of imidazole rings is 1. The van der Waals surface area contributed by atoms with Gasteiger partial charge in [-0.3, -0.25) is 15.4 Å². The fourth-order valence-electron chi connectivity index (χ4n) is 1.73. The molecule has 3 heterocycles. The highest BCUT2D eigenvalue weighted by molar-refractivity contribution is 7.09. The van der Waals surface area contributed by atoms with E-state index in [0.717, 1.165) is 22.9 Å². The van der Waals surface area contributed by atoms with E-state index in [1.807, 2.05) is 0 Å². The third-order valence-electron chi connectivity index (χ3n) is 2.58. The molecule has 3 N–H and O–H groups in total. The van der Waals surface area contributed by atoms with Crippen molar-refractivity contribution >= 4 is 22.6 Å². The van der Waals surface area contributed by atoms with Crippen LogP contribution in [0.4, 0.5) is 5.13 Å². The second-order valence-electron chi connectivity index (χ2n) is 3.62. The van der Waals surface area contributed by atoms with Gasteiger partial charge in [-0.05, 0) is 5.21 Å². The van der Waals surface area contributed by atoms with E-state index in [-0.39, 0.29) is 11.9 Å². The van der Waals surface area contributed by atoms with Crippen molar-refractivity contribution in [1.29, 1.82) is 0 Å². The van der Waals surface area contributed by atoms with Crippen LogP contribution in [0.3, 0.4) is 0 Å². The Labute approximate surface area is 100 Å². The number of hydrogen-bond acceptors (Lipinski definition) is 7.